The van der Waals surface area contributed by atoms with E-state index >= 15 is 0 Å². The predicted octanol–water partition coefficient (Wildman–Crippen LogP) is 0.532. The molecule has 8 nitrogen and oxygen atoms in total. The Morgan fingerprint density at radius 2 is 1.92 bits per heavy atom. The van der Waals surface area contributed by atoms with Crippen LogP contribution in [0.5, 0.6) is 5.75 Å². The molecule has 3 amide bonds. The first kappa shape index (κ1) is 18.1. The minimum Gasteiger partial charge on any atom is -0.484 e. The SMILES string of the molecule is CN(CC(=O)NCc1ccco1)C(=O)c1ccc(OCC(N)=O)cc1. The van der Waals surface area contributed by atoms with Gasteiger partial charge in [0.15, 0.2) is 6.61 Å². The molecule has 0 atom stereocenters. The quantitative estimate of drug-likeness (QED) is 0.724. The summed E-state index contributed by atoms with van der Waals surface area (Å²) in [5.41, 5.74) is 5.39. The molecule has 3 N–H and O–H groups in total. The van der Waals surface area contributed by atoms with Crippen LogP contribution in [0.15, 0.2) is 47.1 Å². The number of carbonyl (C=O) groups is 3. The zero-order chi connectivity index (χ0) is 18.2. The van der Waals surface area contributed by atoms with E-state index in [1.165, 1.54) is 18.2 Å². The highest BCUT2D eigenvalue weighted by Crippen LogP contribution is 2.13. The maximum absolute atomic E-state index is 12.3. The summed E-state index contributed by atoms with van der Waals surface area (Å²) >= 11 is 0. The third kappa shape index (κ3) is 5.69. The van der Waals surface area contributed by atoms with Gasteiger partial charge in [0.05, 0.1) is 19.4 Å². The lowest BCUT2D eigenvalue weighted by molar-refractivity contribution is -0.122. The van der Waals surface area contributed by atoms with Gasteiger partial charge >= 0.3 is 0 Å². The second kappa shape index (κ2) is 8.53. The lowest BCUT2D eigenvalue weighted by atomic mass is 10.2. The van der Waals surface area contributed by atoms with Crippen molar-refractivity contribution in [2.45, 2.75) is 6.54 Å². The molecule has 2 rings (SSSR count). The van der Waals surface area contributed by atoms with E-state index < -0.39 is 5.91 Å². The summed E-state index contributed by atoms with van der Waals surface area (Å²) < 4.78 is 10.2. The van der Waals surface area contributed by atoms with Crippen molar-refractivity contribution in [1.82, 2.24) is 10.2 Å². The van der Waals surface area contributed by atoms with E-state index in [0.717, 1.165) is 0 Å². The Balaban J connectivity index is 1.84. The first-order chi connectivity index (χ1) is 12.0. The molecule has 0 aliphatic rings. The number of furan rings is 1. The number of primary amides is 1. The van der Waals surface area contributed by atoms with Crippen molar-refractivity contribution >= 4 is 17.7 Å². The Kier molecular flexibility index (Phi) is 6.16. The number of ether oxygens (including phenoxy) is 1. The summed E-state index contributed by atoms with van der Waals surface area (Å²) in [7, 11) is 1.53. The van der Waals surface area contributed by atoms with Crippen molar-refractivity contribution in [1.29, 1.82) is 0 Å². The van der Waals surface area contributed by atoms with Crippen LogP contribution >= 0.6 is 0 Å². The first-order valence-corrected chi connectivity index (χ1v) is 7.51. The van der Waals surface area contributed by atoms with E-state index in [0.29, 0.717) is 17.1 Å². The van der Waals surface area contributed by atoms with Crippen molar-refractivity contribution in [3.63, 3.8) is 0 Å². The third-order valence-electron chi connectivity index (χ3n) is 3.25. The summed E-state index contributed by atoms with van der Waals surface area (Å²) in [4.78, 5) is 36.1. The molecule has 0 aliphatic carbocycles. The van der Waals surface area contributed by atoms with Gasteiger partial charge in [-0.05, 0) is 36.4 Å². The van der Waals surface area contributed by atoms with E-state index in [-0.39, 0.29) is 31.5 Å². The monoisotopic (exact) mass is 345 g/mol. The number of hydrogen-bond acceptors (Lipinski definition) is 5. The molecule has 0 radical (unpaired) electrons. The van der Waals surface area contributed by atoms with Gasteiger partial charge in [-0.3, -0.25) is 14.4 Å². The lowest BCUT2D eigenvalue weighted by Crippen LogP contribution is -2.38. The summed E-state index contributed by atoms with van der Waals surface area (Å²) in [6.45, 7) is -0.0533. The fourth-order valence-corrected chi connectivity index (χ4v) is 2.01. The summed E-state index contributed by atoms with van der Waals surface area (Å²) in [5.74, 6) is -0.133. The third-order valence-corrected chi connectivity index (χ3v) is 3.25. The zero-order valence-corrected chi connectivity index (χ0v) is 13.7. The van der Waals surface area contributed by atoms with Crippen LogP contribution in [0.4, 0.5) is 0 Å². The molecule has 1 heterocycles. The molecule has 132 valence electrons. The van der Waals surface area contributed by atoms with Crippen LogP contribution in [0.3, 0.4) is 0 Å². The molecule has 0 fully saturated rings. The van der Waals surface area contributed by atoms with E-state index in [9.17, 15) is 14.4 Å². The number of benzene rings is 1. The molecular weight excluding hydrogens is 326 g/mol. The van der Waals surface area contributed by atoms with Crippen LogP contribution in [0, 0.1) is 0 Å². The minimum absolute atomic E-state index is 0.0839. The highest BCUT2D eigenvalue weighted by Gasteiger charge is 2.15. The molecule has 0 saturated heterocycles. The number of nitrogens with one attached hydrogen (secondary N) is 1. The lowest BCUT2D eigenvalue weighted by Gasteiger charge is -2.17. The predicted molar refractivity (Wildman–Crippen MR) is 88.6 cm³/mol. The number of nitrogens with two attached hydrogens (primary N) is 1. The van der Waals surface area contributed by atoms with Crippen molar-refractivity contribution in [2.75, 3.05) is 20.2 Å². The van der Waals surface area contributed by atoms with Crippen LogP contribution in [0.1, 0.15) is 16.1 Å². The molecule has 1 aromatic carbocycles. The van der Waals surface area contributed by atoms with Crippen molar-refractivity contribution in [2.24, 2.45) is 5.73 Å². The van der Waals surface area contributed by atoms with Gasteiger partial charge in [0.25, 0.3) is 11.8 Å². The Bertz CT molecular complexity index is 725. The van der Waals surface area contributed by atoms with Gasteiger partial charge in [-0.15, -0.1) is 0 Å². The molecule has 25 heavy (non-hydrogen) atoms. The van der Waals surface area contributed by atoms with Gasteiger partial charge in [-0.1, -0.05) is 0 Å². The van der Waals surface area contributed by atoms with Gasteiger partial charge in [0, 0.05) is 12.6 Å². The average Bonchev–Trinajstić information content (AvgIpc) is 3.11. The molecule has 1 aromatic heterocycles. The number of amides is 3. The molecule has 2 aromatic rings. The summed E-state index contributed by atoms with van der Waals surface area (Å²) in [6.07, 6.45) is 1.52. The molecule has 0 saturated carbocycles. The largest absolute Gasteiger partial charge is 0.484 e. The molecule has 0 aliphatic heterocycles. The first-order valence-electron chi connectivity index (χ1n) is 7.51. The maximum Gasteiger partial charge on any atom is 0.255 e. The number of nitrogens with zero attached hydrogens (tertiary/aromatic N) is 1. The van der Waals surface area contributed by atoms with Gasteiger partial charge in [-0.25, -0.2) is 0 Å². The van der Waals surface area contributed by atoms with Gasteiger partial charge in [-0.2, -0.15) is 0 Å². The van der Waals surface area contributed by atoms with Crippen LogP contribution in [0.25, 0.3) is 0 Å². The smallest absolute Gasteiger partial charge is 0.255 e. The number of hydrogen-bond donors (Lipinski definition) is 2. The maximum atomic E-state index is 12.3. The standard InChI is InChI=1S/C17H19N3O5/c1-20(10-16(22)19-9-14-3-2-8-24-14)17(23)12-4-6-13(7-5-12)25-11-15(18)21/h2-8H,9-11H2,1H3,(H2,18,21)(H,19,22). The van der Waals surface area contributed by atoms with Gasteiger partial charge in [0.1, 0.15) is 11.5 Å². The fraction of sp³-hybridized carbons (Fsp3) is 0.235. The Hall–Kier alpha value is -3.29. The number of carbonyl (C=O) groups excluding carboxylic acids is 3. The summed E-state index contributed by atoms with van der Waals surface area (Å²) in [6, 6.07) is 9.69. The highest BCUT2D eigenvalue weighted by molar-refractivity contribution is 5.96. The van der Waals surface area contributed by atoms with E-state index in [1.54, 1.807) is 36.4 Å². The number of rotatable bonds is 8. The number of likely N-dealkylation sites (N-methyl/N-ethyl adjacent to an activating group) is 1. The topological polar surface area (TPSA) is 115 Å². The van der Waals surface area contributed by atoms with Crippen LogP contribution in [0.2, 0.25) is 0 Å². The molecule has 8 heteroatoms. The van der Waals surface area contributed by atoms with Gasteiger partial charge in [0.2, 0.25) is 5.91 Å². The van der Waals surface area contributed by atoms with Crippen LogP contribution in [-0.2, 0) is 16.1 Å². The highest BCUT2D eigenvalue weighted by atomic mass is 16.5. The van der Waals surface area contributed by atoms with Crippen molar-refractivity contribution in [3.05, 3.63) is 54.0 Å². The zero-order valence-electron chi connectivity index (χ0n) is 13.7. The van der Waals surface area contributed by atoms with Crippen molar-refractivity contribution < 1.29 is 23.5 Å². The molecular formula is C17H19N3O5. The van der Waals surface area contributed by atoms with E-state index in [4.69, 9.17) is 14.9 Å². The summed E-state index contributed by atoms with van der Waals surface area (Å²) in [5, 5.41) is 2.67. The minimum atomic E-state index is -0.583. The Labute approximate surface area is 144 Å². The molecule has 0 unspecified atom stereocenters. The normalized spacial score (nSPS) is 10.1. The molecule has 0 spiro atoms. The Morgan fingerprint density at radius 1 is 1.20 bits per heavy atom. The van der Waals surface area contributed by atoms with Crippen molar-refractivity contribution in [3.8, 4) is 5.75 Å². The average molecular weight is 345 g/mol. The Morgan fingerprint density at radius 3 is 2.52 bits per heavy atom. The van der Waals surface area contributed by atoms with E-state index in [2.05, 4.69) is 5.32 Å². The fourth-order valence-electron chi connectivity index (χ4n) is 2.01. The second-order valence-corrected chi connectivity index (χ2v) is 5.30. The second-order valence-electron chi connectivity index (χ2n) is 5.30. The van der Waals surface area contributed by atoms with Crippen LogP contribution < -0.4 is 15.8 Å². The molecule has 0 bridgehead atoms. The van der Waals surface area contributed by atoms with Gasteiger partial charge < -0.3 is 25.1 Å². The van der Waals surface area contributed by atoms with E-state index in [1.807, 2.05) is 0 Å². The van der Waals surface area contributed by atoms with Crippen LogP contribution in [-0.4, -0.2) is 42.8 Å².